The molecular formula is C15H14BrFO. The monoisotopic (exact) mass is 308 g/mol. The highest BCUT2D eigenvalue weighted by molar-refractivity contribution is 9.10. The molecule has 0 heterocycles. The quantitative estimate of drug-likeness (QED) is 0.895. The van der Waals surface area contributed by atoms with Crippen LogP contribution in [0.3, 0.4) is 0 Å². The molecule has 0 aliphatic rings. The van der Waals surface area contributed by atoms with Gasteiger partial charge in [0, 0.05) is 0 Å². The summed E-state index contributed by atoms with van der Waals surface area (Å²) >= 11 is 3.23. The summed E-state index contributed by atoms with van der Waals surface area (Å²) in [4.78, 5) is 0. The van der Waals surface area contributed by atoms with E-state index in [-0.39, 0.29) is 5.82 Å². The minimum atomic E-state index is -0.513. The SMILES string of the molecule is OC(CCc1cccc(F)c1Br)c1ccccc1. The number of rotatable bonds is 4. The molecule has 0 amide bonds. The molecule has 0 aromatic heterocycles. The largest absolute Gasteiger partial charge is 0.388 e. The maximum atomic E-state index is 13.3. The topological polar surface area (TPSA) is 20.2 Å². The standard InChI is InChI=1S/C15H14BrFO/c16-15-12(7-4-8-13(15)17)9-10-14(18)11-5-2-1-3-6-11/h1-8,14,18H,9-10H2. The normalized spacial score (nSPS) is 12.4. The molecule has 0 aliphatic heterocycles. The zero-order valence-corrected chi connectivity index (χ0v) is 11.4. The molecule has 0 bridgehead atoms. The Morgan fingerprint density at radius 2 is 1.78 bits per heavy atom. The first kappa shape index (κ1) is 13.2. The molecule has 2 rings (SSSR count). The number of hydrogen-bond acceptors (Lipinski definition) is 1. The lowest BCUT2D eigenvalue weighted by Crippen LogP contribution is -2.00. The second kappa shape index (κ2) is 6.12. The van der Waals surface area contributed by atoms with Crippen molar-refractivity contribution in [3.8, 4) is 0 Å². The van der Waals surface area contributed by atoms with Crippen LogP contribution in [-0.2, 0) is 6.42 Å². The van der Waals surface area contributed by atoms with Gasteiger partial charge in [0.25, 0.3) is 0 Å². The van der Waals surface area contributed by atoms with Crippen molar-refractivity contribution in [3.05, 3.63) is 69.9 Å². The summed E-state index contributed by atoms with van der Waals surface area (Å²) in [6.07, 6.45) is 0.696. The molecule has 0 fully saturated rings. The van der Waals surface area contributed by atoms with Crippen LogP contribution in [0.25, 0.3) is 0 Å². The van der Waals surface area contributed by atoms with Gasteiger partial charge >= 0.3 is 0 Å². The molecule has 1 unspecified atom stereocenters. The highest BCUT2D eigenvalue weighted by Gasteiger charge is 2.10. The molecule has 1 N–H and O–H groups in total. The summed E-state index contributed by atoms with van der Waals surface area (Å²) in [7, 11) is 0. The zero-order chi connectivity index (χ0) is 13.0. The van der Waals surface area contributed by atoms with Gasteiger partial charge in [0.15, 0.2) is 0 Å². The molecule has 1 nitrogen and oxygen atoms in total. The van der Waals surface area contributed by atoms with Gasteiger partial charge < -0.3 is 5.11 Å². The van der Waals surface area contributed by atoms with E-state index in [1.165, 1.54) is 6.07 Å². The fraction of sp³-hybridized carbons (Fsp3) is 0.200. The van der Waals surface area contributed by atoms with Crippen molar-refractivity contribution < 1.29 is 9.50 Å². The van der Waals surface area contributed by atoms with Gasteiger partial charge in [-0.25, -0.2) is 4.39 Å². The van der Waals surface area contributed by atoms with E-state index in [1.54, 1.807) is 6.07 Å². The lowest BCUT2D eigenvalue weighted by atomic mass is 10.0. The Morgan fingerprint density at radius 1 is 1.06 bits per heavy atom. The van der Waals surface area contributed by atoms with Gasteiger partial charge in [-0.3, -0.25) is 0 Å². The molecule has 0 radical (unpaired) electrons. The average molecular weight is 309 g/mol. The summed E-state index contributed by atoms with van der Waals surface area (Å²) in [6.45, 7) is 0. The summed E-state index contributed by atoms with van der Waals surface area (Å²) in [5.41, 5.74) is 1.77. The van der Waals surface area contributed by atoms with Crippen LogP contribution in [-0.4, -0.2) is 5.11 Å². The molecule has 94 valence electrons. The number of aliphatic hydroxyl groups excluding tert-OH is 1. The van der Waals surface area contributed by atoms with E-state index in [0.29, 0.717) is 17.3 Å². The van der Waals surface area contributed by atoms with Crippen LogP contribution in [0, 0.1) is 5.82 Å². The van der Waals surface area contributed by atoms with Gasteiger partial charge in [-0.15, -0.1) is 0 Å². The van der Waals surface area contributed by atoms with E-state index >= 15 is 0 Å². The van der Waals surface area contributed by atoms with Crippen molar-refractivity contribution in [2.45, 2.75) is 18.9 Å². The minimum absolute atomic E-state index is 0.262. The molecule has 0 aliphatic carbocycles. The van der Waals surface area contributed by atoms with Gasteiger partial charge in [0.1, 0.15) is 5.82 Å². The maximum absolute atomic E-state index is 13.3. The maximum Gasteiger partial charge on any atom is 0.137 e. The van der Waals surface area contributed by atoms with Crippen molar-refractivity contribution in [2.75, 3.05) is 0 Å². The van der Waals surface area contributed by atoms with E-state index in [0.717, 1.165) is 11.1 Å². The van der Waals surface area contributed by atoms with E-state index in [9.17, 15) is 9.50 Å². The van der Waals surface area contributed by atoms with Crippen LogP contribution in [0.4, 0.5) is 4.39 Å². The predicted molar refractivity (Wildman–Crippen MR) is 73.8 cm³/mol. The fourth-order valence-electron chi connectivity index (χ4n) is 1.88. The zero-order valence-electron chi connectivity index (χ0n) is 9.81. The first-order valence-electron chi connectivity index (χ1n) is 5.84. The Kier molecular flexibility index (Phi) is 4.50. The van der Waals surface area contributed by atoms with Crippen LogP contribution in [0.2, 0.25) is 0 Å². The summed E-state index contributed by atoms with van der Waals surface area (Å²) in [5, 5.41) is 10.0. The lowest BCUT2D eigenvalue weighted by molar-refractivity contribution is 0.167. The molecule has 0 saturated heterocycles. The number of halogens is 2. The molecule has 2 aromatic rings. The third-order valence-corrected chi connectivity index (χ3v) is 3.79. The Morgan fingerprint density at radius 3 is 2.50 bits per heavy atom. The molecule has 3 heteroatoms. The van der Waals surface area contributed by atoms with Gasteiger partial charge in [-0.05, 0) is 46.0 Å². The highest BCUT2D eigenvalue weighted by atomic mass is 79.9. The molecule has 0 saturated carbocycles. The van der Waals surface area contributed by atoms with Crippen molar-refractivity contribution in [2.24, 2.45) is 0 Å². The van der Waals surface area contributed by atoms with E-state index in [4.69, 9.17) is 0 Å². The minimum Gasteiger partial charge on any atom is -0.388 e. The van der Waals surface area contributed by atoms with E-state index < -0.39 is 6.10 Å². The third-order valence-electron chi connectivity index (χ3n) is 2.90. The van der Waals surface area contributed by atoms with Crippen LogP contribution < -0.4 is 0 Å². The van der Waals surface area contributed by atoms with Crippen LogP contribution >= 0.6 is 15.9 Å². The Bertz CT molecular complexity index is 513. The fourth-order valence-corrected chi connectivity index (χ4v) is 2.34. The second-order valence-electron chi connectivity index (χ2n) is 4.18. The van der Waals surface area contributed by atoms with Gasteiger partial charge in [0.05, 0.1) is 10.6 Å². The van der Waals surface area contributed by atoms with E-state index in [2.05, 4.69) is 15.9 Å². The summed E-state index contributed by atoms with van der Waals surface area (Å²) in [6, 6.07) is 14.5. The van der Waals surface area contributed by atoms with Crippen molar-refractivity contribution in [3.63, 3.8) is 0 Å². The summed E-state index contributed by atoms with van der Waals surface area (Å²) in [5.74, 6) is -0.262. The summed E-state index contributed by atoms with van der Waals surface area (Å²) < 4.78 is 13.8. The van der Waals surface area contributed by atoms with Crippen LogP contribution in [0.5, 0.6) is 0 Å². The Hall–Kier alpha value is -1.19. The number of aryl methyl sites for hydroxylation is 1. The van der Waals surface area contributed by atoms with Crippen LogP contribution in [0.15, 0.2) is 53.0 Å². The Balaban J connectivity index is 2.02. The van der Waals surface area contributed by atoms with Crippen molar-refractivity contribution in [1.29, 1.82) is 0 Å². The van der Waals surface area contributed by atoms with Gasteiger partial charge in [-0.1, -0.05) is 42.5 Å². The van der Waals surface area contributed by atoms with Gasteiger partial charge in [0.2, 0.25) is 0 Å². The van der Waals surface area contributed by atoms with Crippen molar-refractivity contribution >= 4 is 15.9 Å². The second-order valence-corrected chi connectivity index (χ2v) is 4.97. The molecule has 2 aromatic carbocycles. The number of aliphatic hydroxyl groups is 1. The molecule has 0 spiro atoms. The Labute approximate surface area is 114 Å². The molecular weight excluding hydrogens is 295 g/mol. The predicted octanol–water partition coefficient (Wildman–Crippen LogP) is 4.25. The number of benzene rings is 2. The average Bonchev–Trinajstić information content (AvgIpc) is 2.41. The smallest absolute Gasteiger partial charge is 0.137 e. The number of hydrogen-bond donors (Lipinski definition) is 1. The highest BCUT2D eigenvalue weighted by Crippen LogP contribution is 2.24. The molecule has 18 heavy (non-hydrogen) atoms. The van der Waals surface area contributed by atoms with E-state index in [1.807, 2.05) is 36.4 Å². The first-order valence-corrected chi connectivity index (χ1v) is 6.63. The van der Waals surface area contributed by atoms with Crippen molar-refractivity contribution in [1.82, 2.24) is 0 Å². The lowest BCUT2D eigenvalue weighted by Gasteiger charge is -2.11. The van der Waals surface area contributed by atoms with Crippen LogP contribution in [0.1, 0.15) is 23.7 Å². The first-order chi connectivity index (χ1) is 8.68. The third kappa shape index (κ3) is 3.18. The van der Waals surface area contributed by atoms with Gasteiger partial charge in [-0.2, -0.15) is 0 Å². The molecule has 1 atom stereocenters.